The minimum absolute atomic E-state index is 0.0143. The Hall–Kier alpha value is -4.84. The maximum absolute atomic E-state index is 14.4. The molecule has 0 radical (unpaired) electrons. The summed E-state index contributed by atoms with van der Waals surface area (Å²) in [6.07, 6.45) is 0.816. The van der Waals surface area contributed by atoms with Crippen LogP contribution in [0.1, 0.15) is 29.6 Å². The summed E-state index contributed by atoms with van der Waals surface area (Å²) in [6, 6.07) is 11.5. The number of hydrogen-bond acceptors (Lipinski definition) is 8. The molecule has 13 heteroatoms. The van der Waals surface area contributed by atoms with Crippen LogP contribution in [-0.2, 0) is 28.0 Å². The quantitative estimate of drug-likeness (QED) is 0.287. The van der Waals surface area contributed by atoms with Crippen molar-refractivity contribution < 1.29 is 23.5 Å². The first kappa shape index (κ1) is 24.5. The van der Waals surface area contributed by atoms with Crippen molar-refractivity contribution in [1.82, 2.24) is 24.7 Å². The van der Waals surface area contributed by atoms with Gasteiger partial charge in [0.05, 0.1) is 29.7 Å². The third-order valence-corrected chi connectivity index (χ3v) is 6.87. The molecule has 1 atom stereocenters. The molecule has 2 aromatic carbocycles. The molecule has 4 heterocycles. The fourth-order valence-electron chi connectivity index (χ4n) is 4.71. The van der Waals surface area contributed by atoms with Crippen molar-refractivity contribution in [3.05, 3.63) is 82.3 Å². The van der Waals surface area contributed by atoms with E-state index in [1.165, 1.54) is 12.3 Å². The van der Waals surface area contributed by atoms with Crippen molar-refractivity contribution in [2.75, 3.05) is 11.1 Å². The van der Waals surface area contributed by atoms with Gasteiger partial charge in [0.1, 0.15) is 29.4 Å². The average molecular weight is 548 g/mol. The lowest BCUT2D eigenvalue weighted by Crippen LogP contribution is -2.33. The van der Waals surface area contributed by atoms with E-state index in [9.17, 15) is 14.0 Å². The minimum atomic E-state index is -1.49. The standard InChI is InChI=1S/C26H19ClFN7O4/c1-26(25-30-14(11-39-25)9-18(36)37)19-21(29)31-23(32-22(19)33-24(26)38)20-15-7-6-13(27)8-17(15)35(34-20)10-12-4-2-3-5-16(12)28/h2-8,11H,9-10H2,1H3,(H,36,37)(H3,29,31,32,33,38). The highest BCUT2D eigenvalue weighted by Gasteiger charge is 2.51. The zero-order chi connectivity index (χ0) is 27.5. The second kappa shape index (κ2) is 8.88. The molecule has 5 aromatic rings. The molecule has 0 bridgehead atoms. The van der Waals surface area contributed by atoms with Crippen LogP contribution in [0.15, 0.2) is 53.1 Å². The second-order valence-corrected chi connectivity index (χ2v) is 9.65. The van der Waals surface area contributed by atoms with E-state index in [2.05, 4.69) is 25.4 Å². The second-order valence-electron chi connectivity index (χ2n) is 9.21. The zero-order valence-corrected chi connectivity index (χ0v) is 21.0. The predicted molar refractivity (Wildman–Crippen MR) is 139 cm³/mol. The van der Waals surface area contributed by atoms with E-state index in [1.54, 1.807) is 48.0 Å². The average Bonchev–Trinajstić information content (AvgIpc) is 3.56. The lowest BCUT2D eigenvalue weighted by molar-refractivity contribution is -0.136. The lowest BCUT2D eigenvalue weighted by atomic mass is 9.84. The van der Waals surface area contributed by atoms with Crippen LogP contribution in [-0.4, -0.2) is 41.7 Å². The van der Waals surface area contributed by atoms with Gasteiger partial charge in [-0.15, -0.1) is 0 Å². The van der Waals surface area contributed by atoms with Gasteiger partial charge in [-0.3, -0.25) is 14.3 Å². The Balaban J connectivity index is 1.46. The van der Waals surface area contributed by atoms with Crippen LogP contribution in [0.4, 0.5) is 16.0 Å². The number of amides is 1. The maximum Gasteiger partial charge on any atom is 0.309 e. The van der Waals surface area contributed by atoms with Gasteiger partial charge in [-0.2, -0.15) is 5.10 Å². The number of carbonyl (C=O) groups excluding carboxylic acids is 1. The van der Waals surface area contributed by atoms with Crippen LogP contribution in [0.5, 0.6) is 0 Å². The molecule has 4 N–H and O–H groups in total. The molecular formula is C26H19ClFN7O4. The first-order valence-electron chi connectivity index (χ1n) is 11.7. The van der Waals surface area contributed by atoms with Gasteiger partial charge in [0.15, 0.2) is 11.2 Å². The number of carbonyl (C=O) groups is 2. The van der Waals surface area contributed by atoms with Crippen molar-refractivity contribution >= 4 is 46.0 Å². The summed E-state index contributed by atoms with van der Waals surface area (Å²) in [5, 5.41) is 17.5. The fourth-order valence-corrected chi connectivity index (χ4v) is 4.88. The van der Waals surface area contributed by atoms with E-state index < -0.39 is 17.3 Å². The van der Waals surface area contributed by atoms with Gasteiger partial charge in [0, 0.05) is 16.0 Å². The number of carboxylic acid groups (broad SMARTS) is 1. The number of rotatable bonds is 6. The Morgan fingerprint density at radius 1 is 1.23 bits per heavy atom. The van der Waals surface area contributed by atoms with Crippen molar-refractivity contribution in [3.63, 3.8) is 0 Å². The van der Waals surface area contributed by atoms with E-state index in [0.29, 0.717) is 27.2 Å². The summed E-state index contributed by atoms with van der Waals surface area (Å²) in [6.45, 7) is 1.67. The van der Waals surface area contributed by atoms with Crippen LogP contribution in [0, 0.1) is 5.82 Å². The molecule has 39 heavy (non-hydrogen) atoms. The summed E-state index contributed by atoms with van der Waals surface area (Å²) in [5.74, 6) is -1.74. The predicted octanol–water partition coefficient (Wildman–Crippen LogP) is 3.79. The Morgan fingerprint density at radius 3 is 2.79 bits per heavy atom. The molecule has 0 aliphatic carbocycles. The van der Waals surface area contributed by atoms with Crippen LogP contribution in [0.25, 0.3) is 22.4 Å². The molecular weight excluding hydrogens is 529 g/mol. The number of aliphatic carboxylic acids is 1. The molecule has 0 saturated carbocycles. The van der Waals surface area contributed by atoms with Crippen molar-refractivity contribution in [3.8, 4) is 11.5 Å². The van der Waals surface area contributed by atoms with E-state index in [-0.39, 0.29) is 53.4 Å². The first-order chi connectivity index (χ1) is 18.6. The third kappa shape index (κ3) is 3.96. The highest BCUT2D eigenvalue weighted by molar-refractivity contribution is 6.31. The topological polar surface area (TPSA) is 162 Å². The third-order valence-electron chi connectivity index (χ3n) is 6.64. The van der Waals surface area contributed by atoms with Crippen molar-refractivity contribution in [1.29, 1.82) is 0 Å². The van der Waals surface area contributed by atoms with E-state index >= 15 is 0 Å². The van der Waals surface area contributed by atoms with Gasteiger partial charge >= 0.3 is 5.97 Å². The molecule has 1 aliphatic rings. The van der Waals surface area contributed by atoms with Crippen LogP contribution < -0.4 is 11.1 Å². The number of carboxylic acids is 1. The maximum atomic E-state index is 14.4. The molecule has 0 spiro atoms. The summed E-state index contributed by atoms with van der Waals surface area (Å²) in [5.41, 5.74) is 6.70. The highest BCUT2D eigenvalue weighted by Crippen LogP contribution is 2.45. The Kier molecular flexibility index (Phi) is 5.57. The number of nitrogens with two attached hydrogens (primary N) is 1. The molecule has 6 rings (SSSR count). The van der Waals surface area contributed by atoms with Crippen LogP contribution in [0.3, 0.4) is 0 Å². The molecule has 11 nitrogen and oxygen atoms in total. The number of nitrogen functional groups attached to an aromatic ring is 1. The number of nitrogens with one attached hydrogen (secondary N) is 1. The number of hydrogen-bond donors (Lipinski definition) is 3. The zero-order valence-electron chi connectivity index (χ0n) is 20.3. The molecule has 1 unspecified atom stereocenters. The van der Waals surface area contributed by atoms with Gasteiger partial charge in [-0.1, -0.05) is 29.8 Å². The largest absolute Gasteiger partial charge is 0.481 e. The number of halogens is 2. The molecule has 3 aromatic heterocycles. The van der Waals surface area contributed by atoms with Crippen molar-refractivity contribution in [2.45, 2.75) is 25.3 Å². The fraction of sp³-hybridized carbons (Fsp3) is 0.154. The summed E-state index contributed by atoms with van der Waals surface area (Å²) >= 11 is 6.26. The molecule has 196 valence electrons. The Morgan fingerprint density at radius 2 is 2.03 bits per heavy atom. The Labute approximate surface area is 224 Å². The van der Waals surface area contributed by atoms with Gasteiger partial charge in [-0.05, 0) is 31.2 Å². The summed E-state index contributed by atoms with van der Waals surface area (Å²) in [7, 11) is 0. The molecule has 1 amide bonds. The minimum Gasteiger partial charge on any atom is -0.481 e. The smallest absolute Gasteiger partial charge is 0.309 e. The number of anilines is 2. The summed E-state index contributed by atoms with van der Waals surface area (Å²) in [4.78, 5) is 37.4. The van der Waals surface area contributed by atoms with E-state index in [1.807, 2.05) is 0 Å². The number of benzene rings is 2. The number of aromatic nitrogens is 5. The Bertz CT molecular complexity index is 1820. The van der Waals surface area contributed by atoms with Gasteiger partial charge in [0.2, 0.25) is 11.8 Å². The first-order valence-corrected chi connectivity index (χ1v) is 12.1. The van der Waals surface area contributed by atoms with E-state index in [4.69, 9.17) is 26.9 Å². The molecule has 0 saturated heterocycles. The van der Waals surface area contributed by atoms with Gasteiger partial charge in [0.25, 0.3) is 0 Å². The van der Waals surface area contributed by atoms with Gasteiger partial charge < -0.3 is 20.6 Å². The van der Waals surface area contributed by atoms with Crippen LogP contribution in [0.2, 0.25) is 5.02 Å². The number of fused-ring (bicyclic) bond motifs is 2. The normalized spacial score (nSPS) is 16.4. The molecule has 0 fully saturated rings. The van der Waals surface area contributed by atoms with Crippen molar-refractivity contribution in [2.24, 2.45) is 0 Å². The number of nitrogens with zero attached hydrogens (tertiary/aromatic N) is 5. The summed E-state index contributed by atoms with van der Waals surface area (Å²) < 4.78 is 21.5. The highest BCUT2D eigenvalue weighted by atomic mass is 35.5. The van der Waals surface area contributed by atoms with Gasteiger partial charge in [-0.25, -0.2) is 19.3 Å². The monoisotopic (exact) mass is 547 g/mol. The van der Waals surface area contributed by atoms with E-state index in [0.717, 1.165) is 0 Å². The molecule has 1 aliphatic heterocycles. The van der Waals surface area contributed by atoms with Crippen LogP contribution >= 0.6 is 11.6 Å². The SMILES string of the molecule is CC1(c2nc(CC(=O)O)co2)C(=O)Nc2nc(-c3nn(Cc4ccccc4F)c4cc(Cl)ccc34)nc(N)c21. The number of oxazole rings is 1. The lowest BCUT2D eigenvalue weighted by Gasteiger charge is -2.18.